The van der Waals surface area contributed by atoms with Gasteiger partial charge in [0, 0.05) is 31.0 Å². The zero-order valence-corrected chi connectivity index (χ0v) is 19.3. The summed E-state index contributed by atoms with van der Waals surface area (Å²) in [4.78, 5) is 33.4. The number of pyridine rings is 1. The Balaban J connectivity index is 2.05. The summed E-state index contributed by atoms with van der Waals surface area (Å²) in [6.45, 7) is 7.58. The van der Waals surface area contributed by atoms with Crippen LogP contribution in [0.3, 0.4) is 0 Å². The maximum atomic E-state index is 13.0. The molecule has 0 radical (unpaired) electrons. The Morgan fingerprint density at radius 2 is 1.88 bits per heavy atom. The zero-order valence-electron chi connectivity index (χ0n) is 19.3. The van der Waals surface area contributed by atoms with Crippen molar-refractivity contribution in [2.75, 3.05) is 33.8 Å². The second kappa shape index (κ2) is 9.96. The van der Waals surface area contributed by atoms with Crippen molar-refractivity contribution in [1.82, 2.24) is 14.8 Å². The Hall–Kier alpha value is -3.19. The van der Waals surface area contributed by atoms with E-state index in [0.717, 1.165) is 16.9 Å². The van der Waals surface area contributed by atoms with E-state index in [2.05, 4.69) is 18.8 Å². The van der Waals surface area contributed by atoms with Crippen LogP contribution in [-0.4, -0.2) is 65.4 Å². The van der Waals surface area contributed by atoms with E-state index in [4.69, 9.17) is 4.74 Å². The molecule has 1 fully saturated rings. The number of benzene rings is 1. The van der Waals surface area contributed by atoms with Gasteiger partial charge >= 0.3 is 0 Å². The predicted molar refractivity (Wildman–Crippen MR) is 123 cm³/mol. The van der Waals surface area contributed by atoms with Gasteiger partial charge in [0.05, 0.1) is 18.2 Å². The number of likely N-dealkylation sites (N-methyl/N-ethyl adjacent to an activating group) is 1. The van der Waals surface area contributed by atoms with Crippen molar-refractivity contribution >= 4 is 17.4 Å². The Kier molecular flexibility index (Phi) is 7.30. The van der Waals surface area contributed by atoms with E-state index in [-0.39, 0.29) is 11.3 Å². The normalized spacial score (nSPS) is 18.1. The molecule has 1 saturated heterocycles. The summed E-state index contributed by atoms with van der Waals surface area (Å²) in [5.74, 6) is -0.353. The molecule has 7 heteroatoms. The third kappa shape index (κ3) is 4.99. The predicted octanol–water partition coefficient (Wildman–Crippen LogP) is 3.41. The monoisotopic (exact) mass is 437 g/mol. The molecule has 32 heavy (non-hydrogen) atoms. The number of Topliss-reactive ketones (excluding diaryl/α,β-unsaturated/α-hetero) is 1. The summed E-state index contributed by atoms with van der Waals surface area (Å²) in [5, 5.41) is 11.2. The highest BCUT2D eigenvalue weighted by atomic mass is 16.5. The molecule has 0 bridgehead atoms. The number of aryl methyl sites for hydroxylation is 1. The fourth-order valence-corrected chi connectivity index (χ4v) is 3.68. The molecular weight excluding hydrogens is 406 g/mol. The summed E-state index contributed by atoms with van der Waals surface area (Å²) in [6, 6.07) is 8.14. The zero-order chi connectivity index (χ0) is 23.4. The summed E-state index contributed by atoms with van der Waals surface area (Å²) in [7, 11) is 3.81. The molecule has 1 amide bonds. The number of rotatable bonds is 8. The first kappa shape index (κ1) is 23.5. The number of ketones is 1. The lowest BCUT2D eigenvalue weighted by atomic mass is 9.95. The molecule has 2 heterocycles. The average molecular weight is 438 g/mol. The van der Waals surface area contributed by atoms with Crippen LogP contribution in [0.4, 0.5) is 0 Å². The molecule has 0 aliphatic carbocycles. The van der Waals surface area contributed by atoms with Crippen molar-refractivity contribution in [2.24, 2.45) is 5.92 Å². The van der Waals surface area contributed by atoms with Crippen LogP contribution in [0, 0.1) is 12.8 Å². The molecule has 1 aromatic heterocycles. The van der Waals surface area contributed by atoms with Crippen LogP contribution in [0.5, 0.6) is 5.75 Å². The highest BCUT2D eigenvalue weighted by Crippen LogP contribution is 2.39. The molecule has 170 valence electrons. The summed E-state index contributed by atoms with van der Waals surface area (Å²) < 4.78 is 5.82. The minimum Gasteiger partial charge on any atom is -0.507 e. The van der Waals surface area contributed by atoms with Crippen LogP contribution in [0.25, 0.3) is 5.76 Å². The minimum atomic E-state index is -0.680. The SMILES string of the molecule is Cc1cc(C(O)=C2C(=O)C(=O)N(CCN(C)C)[C@@H]2c2ccncc2)ccc1OCC(C)C. The van der Waals surface area contributed by atoms with E-state index in [1.165, 1.54) is 4.90 Å². The van der Waals surface area contributed by atoms with Gasteiger partial charge in [-0.1, -0.05) is 13.8 Å². The third-order valence-corrected chi connectivity index (χ3v) is 5.37. The summed E-state index contributed by atoms with van der Waals surface area (Å²) >= 11 is 0. The molecule has 0 spiro atoms. The minimum absolute atomic E-state index is 0.0928. The van der Waals surface area contributed by atoms with E-state index in [1.807, 2.05) is 25.9 Å². The molecule has 3 rings (SSSR count). The number of ether oxygens (including phenoxy) is 1. The number of likely N-dealkylation sites (tertiary alicyclic amines) is 1. The van der Waals surface area contributed by atoms with Crippen molar-refractivity contribution in [3.63, 3.8) is 0 Å². The van der Waals surface area contributed by atoms with Gasteiger partial charge in [0.25, 0.3) is 11.7 Å². The second-order valence-electron chi connectivity index (χ2n) is 8.76. The molecule has 1 aliphatic heterocycles. The van der Waals surface area contributed by atoms with Gasteiger partial charge in [0.2, 0.25) is 0 Å². The lowest BCUT2D eigenvalue weighted by Crippen LogP contribution is -2.35. The van der Waals surface area contributed by atoms with Crippen LogP contribution < -0.4 is 4.74 Å². The van der Waals surface area contributed by atoms with Gasteiger partial charge in [0.1, 0.15) is 11.5 Å². The van der Waals surface area contributed by atoms with Crippen molar-refractivity contribution in [3.05, 3.63) is 65.0 Å². The van der Waals surface area contributed by atoms with Crippen molar-refractivity contribution in [1.29, 1.82) is 0 Å². The van der Waals surface area contributed by atoms with Gasteiger partial charge < -0.3 is 19.6 Å². The quantitative estimate of drug-likeness (QED) is 0.387. The number of hydrogen-bond donors (Lipinski definition) is 1. The highest BCUT2D eigenvalue weighted by molar-refractivity contribution is 6.46. The number of amides is 1. The Morgan fingerprint density at radius 1 is 1.19 bits per heavy atom. The maximum absolute atomic E-state index is 13.0. The number of carbonyl (C=O) groups is 2. The van der Waals surface area contributed by atoms with E-state index in [1.54, 1.807) is 42.7 Å². The maximum Gasteiger partial charge on any atom is 0.295 e. The van der Waals surface area contributed by atoms with Gasteiger partial charge in [-0.2, -0.15) is 0 Å². The third-order valence-electron chi connectivity index (χ3n) is 5.37. The van der Waals surface area contributed by atoms with Gasteiger partial charge in [-0.3, -0.25) is 14.6 Å². The van der Waals surface area contributed by atoms with Gasteiger partial charge in [-0.25, -0.2) is 0 Å². The summed E-state index contributed by atoms with van der Waals surface area (Å²) in [5.41, 5.74) is 2.14. The van der Waals surface area contributed by atoms with Crippen molar-refractivity contribution < 1.29 is 19.4 Å². The first-order valence-corrected chi connectivity index (χ1v) is 10.8. The lowest BCUT2D eigenvalue weighted by molar-refractivity contribution is -0.140. The number of aliphatic hydroxyl groups excluding tert-OH is 1. The van der Waals surface area contributed by atoms with Crippen LogP contribution >= 0.6 is 0 Å². The molecular formula is C25H31N3O4. The van der Waals surface area contributed by atoms with E-state index in [9.17, 15) is 14.7 Å². The largest absolute Gasteiger partial charge is 0.507 e. The summed E-state index contributed by atoms with van der Waals surface area (Å²) in [6.07, 6.45) is 3.23. The molecule has 1 atom stereocenters. The van der Waals surface area contributed by atoms with Gasteiger partial charge in [-0.15, -0.1) is 0 Å². The Bertz CT molecular complexity index is 1020. The standard InChI is InChI=1S/C25H31N3O4/c1-16(2)15-32-20-7-6-19(14-17(20)3)23(29)21-22(18-8-10-26-11-9-18)28(13-12-27(4)5)25(31)24(21)30/h6-11,14,16,22,29H,12-13,15H2,1-5H3/t22-/m1/s1. The van der Waals surface area contributed by atoms with Gasteiger partial charge in [-0.05, 0) is 68.4 Å². The fourth-order valence-electron chi connectivity index (χ4n) is 3.68. The Labute approximate surface area is 189 Å². The smallest absolute Gasteiger partial charge is 0.295 e. The molecule has 7 nitrogen and oxygen atoms in total. The molecule has 1 N–H and O–H groups in total. The number of carbonyl (C=O) groups excluding carboxylic acids is 2. The Morgan fingerprint density at radius 3 is 2.47 bits per heavy atom. The van der Waals surface area contributed by atoms with Crippen molar-refractivity contribution in [3.8, 4) is 5.75 Å². The first-order chi connectivity index (χ1) is 15.2. The van der Waals surface area contributed by atoms with E-state index >= 15 is 0 Å². The molecule has 1 aromatic carbocycles. The number of nitrogens with zero attached hydrogens (tertiary/aromatic N) is 3. The van der Waals surface area contributed by atoms with Crippen LogP contribution in [-0.2, 0) is 9.59 Å². The van der Waals surface area contributed by atoms with Crippen LogP contribution in [0.15, 0.2) is 48.3 Å². The average Bonchev–Trinajstić information content (AvgIpc) is 3.01. The van der Waals surface area contributed by atoms with E-state index < -0.39 is 17.7 Å². The molecule has 2 aromatic rings. The molecule has 0 unspecified atom stereocenters. The topological polar surface area (TPSA) is 83.0 Å². The number of aliphatic hydroxyl groups is 1. The number of aromatic nitrogens is 1. The van der Waals surface area contributed by atoms with Gasteiger partial charge in [0.15, 0.2) is 0 Å². The number of hydrogen-bond acceptors (Lipinski definition) is 6. The first-order valence-electron chi connectivity index (χ1n) is 10.8. The highest BCUT2D eigenvalue weighted by Gasteiger charge is 2.45. The molecule has 0 saturated carbocycles. The van der Waals surface area contributed by atoms with Crippen LogP contribution in [0.1, 0.15) is 36.6 Å². The lowest BCUT2D eigenvalue weighted by Gasteiger charge is -2.26. The second-order valence-corrected chi connectivity index (χ2v) is 8.76. The fraction of sp³-hybridized carbons (Fsp3) is 0.400. The van der Waals surface area contributed by atoms with Crippen LogP contribution in [0.2, 0.25) is 0 Å². The van der Waals surface area contributed by atoms with E-state index in [0.29, 0.717) is 31.2 Å². The molecule has 1 aliphatic rings. The van der Waals surface area contributed by atoms with Crippen molar-refractivity contribution in [2.45, 2.75) is 26.8 Å².